The summed E-state index contributed by atoms with van der Waals surface area (Å²) in [6, 6.07) is 0. The van der Waals surface area contributed by atoms with Crippen molar-refractivity contribution in [3.05, 3.63) is 0 Å². The third-order valence-corrected chi connectivity index (χ3v) is 4.68. The number of hydrogen-bond donors (Lipinski definition) is 2. The lowest BCUT2D eigenvalue weighted by Crippen LogP contribution is -2.34. The fourth-order valence-corrected chi connectivity index (χ4v) is 3.22. The highest BCUT2D eigenvalue weighted by molar-refractivity contribution is 7.90. The molecule has 1 saturated carbocycles. The predicted molar refractivity (Wildman–Crippen MR) is 65.2 cm³/mol. The lowest BCUT2D eigenvalue weighted by atomic mass is 9.81. The van der Waals surface area contributed by atoms with Gasteiger partial charge in [-0.1, -0.05) is 26.2 Å². The van der Waals surface area contributed by atoms with Crippen LogP contribution in [0.2, 0.25) is 0 Å². The molecular formula is C11H21NO4S. The maximum absolute atomic E-state index is 11.3. The van der Waals surface area contributed by atoms with E-state index in [9.17, 15) is 13.2 Å². The Bertz CT molecular complexity index is 344. The second kappa shape index (κ2) is 6.35. The van der Waals surface area contributed by atoms with Crippen LogP contribution in [0.4, 0.5) is 0 Å². The third kappa shape index (κ3) is 5.50. The average Bonchev–Trinajstić information content (AvgIpc) is 2.25. The van der Waals surface area contributed by atoms with Crippen molar-refractivity contribution >= 4 is 16.0 Å². The van der Waals surface area contributed by atoms with E-state index in [4.69, 9.17) is 5.11 Å². The van der Waals surface area contributed by atoms with Gasteiger partial charge >= 0.3 is 5.97 Å². The number of aliphatic carboxylic acids is 1. The van der Waals surface area contributed by atoms with Crippen LogP contribution in [0.25, 0.3) is 0 Å². The number of carboxylic acid groups (broad SMARTS) is 1. The highest BCUT2D eigenvalue weighted by Crippen LogP contribution is 2.30. The summed E-state index contributed by atoms with van der Waals surface area (Å²) in [7, 11) is -3.65. The molecule has 1 aliphatic rings. The van der Waals surface area contributed by atoms with Gasteiger partial charge in [0.2, 0.25) is 10.0 Å². The monoisotopic (exact) mass is 263 g/mol. The summed E-state index contributed by atoms with van der Waals surface area (Å²) in [4.78, 5) is 10.3. The minimum atomic E-state index is -3.65. The molecule has 0 radical (unpaired) electrons. The van der Waals surface area contributed by atoms with Gasteiger partial charge in [0.15, 0.2) is 5.75 Å². The molecule has 1 fully saturated rings. The molecule has 5 nitrogen and oxygen atoms in total. The lowest BCUT2D eigenvalue weighted by Gasteiger charge is -2.27. The van der Waals surface area contributed by atoms with Crippen molar-refractivity contribution in [1.29, 1.82) is 0 Å². The Labute approximate surface area is 103 Å². The van der Waals surface area contributed by atoms with Gasteiger partial charge in [-0.3, -0.25) is 4.79 Å². The summed E-state index contributed by atoms with van der Waals surface area (Å²) >= 11 is 0. The van der Waals surface area contributed by atoms with Crippen LogP contribution in [0.15, 0.2) is 0 Å². The second-order valence-corrected chi connectivity index (χ2v) is 6.60. The van der Waals surface area contributed by atoms with Crippen LogP contribution in [0.3, 0.4) is 0 Å². The molecule has 0 aromatic heterocycles. The van der Waals surface area contributed by atoms with E-state index < -0.39 is 21.7 Å². The molecule has 0 unspecified atom stereocenters. The summed E-state index contributed by atoms with van der Waals surface area (Å²) in [5.74, 6) is -1.01. The molecule has 2 N–H and O–H groups in total. The molecule has 0 aromatic rings. The second-order valence-electron chi connectivity index (χ2n) is 4.80. The zero-order chi connectivity index (χ0) is 12.9. The number of nitrogens with one attached hydrogen (secondary N) is 1. The Balaban J connectivity index is 2.30. The van der Waals surface area contributed by atoms with E-state index in [0.29, 0.717) is 12.5 Å². The molecular weight excluding hydrogens is 242 g/mol. The van der Waals surface area contributed by atoms with Crippen molar-refractivity contribution < 1.29 is 18.3 Å². The van der Waals surface area contributed by atoms with Gasteiger partial charge in [0.1, 0.15) is 0 Å². The van der Waals surface area contributed by atoms with Crippen LogP contribution in [-0.4, -0.2) is 31.8 Å². The first kappa shape index (κ1) is 14.4. The molecule has 0 bridgehead atoms. The van der Waals surface area contributed by atoms with Crippen molar-refractivity contribution in [1.82, 2.24) is 4.72 Å². The van der Waals surface area contributed by atoms with Gasteiger partial charge < -0.3 is 5.11 Å². The van der Waals surface area contributed by atoms with Crippen molar-refractivity contribution in [2.75, 3.05) is 12.3 Å². The number of hydrogen-bond acceptors (Lipinski definition) is 3. The molecule has 17 heavy (non-hydrogen) atoms. The molecule has 0 spiro atoms. The fourth-order valence-electron chi connectivity index (χ4n) is 2.30. The van der Waals surface area contributed by atoms with Gasteiger partial charge in [-0.15, -0.1) is 0 Å². The fraction of sp³-hybridized carbons (Fsp3) is 0.909. The van der Waals surface area contributed by atoms with E-state index >= 15 is 0 Å². The van der Waals surface area contributed by atoms with Crippen LogP contribution >= 0.6 is 0 Å². The van der Waals surface area contributed by atoms with Gasteiger partial charge in [0.25, 0.3) is 0 Å². The maximum atomic E-state index is 11.3. The Morgan fingerprint density at radius 2 is 1.76 bits per heavy atom. The van der Waals surface area contributed by atoms with Gasteiger partial charge in [0.05, 0.1) is 0 Å². The molecule has 1 aliphatic carbocycles. The minimum absolute atomic E-state index is 0.362. The maximum Gasteiger partial charge on any atom is 0.320 e. The SMILES string of the molecule is CCC1CCC(CNS(=O)(=O)CC(=O)O)CC1. The zero-order valence-electron chi connectivity index (χ0n) is 10.2. The Morgan fingerprint density at radius 1 is 1.24 bits per heavy atom. The highest BCUT2D eigenvalue weighted by atomic mass is 32.2. The molecule has 0 heterocycles. The summed E-state index contributed by atoms with van der Waals surface area (Å²) < 4.78 is 25.0. The first-order valence-corrected chi connectivity index (χ1v) is 7.77. The van der Waals surface area contributed by atoms with E-state index in [1.807, 2.05) is 0 Å². The molecule has 0 aromatic carbocycles. The number of carboxylic acids is 1. The Morgan fingerprint density at radius 3 is 2.24 bits per heavy atom. The van der Waals surface area contributed by atoms with Gasteiger partial charge in [0, 0.05) is 6.54 Å². The zero-order valence-corrected chi connectivity index (χ0v) is 11.0. The quantitative estimate of drug-likeness (QED) is 0.754. The van der Waals surface area contributed by atoms with Crippen molar-refractivity contribution in [2.24, 2.45) is 11.8 Å². The van der Waals surface area contributed by atoms with Crippen LogP contribution in [0, 0.1) is 11.8 Å². The smallest absolute Gasteiger partial charge is 0.320 e. The normalized spacial score (nSPS) is 25.7. The Kier molecular flexibility index (Phi) is 5.39. The van der Waals surface area contributed by atoms with Gasteiger partial charge in [-0.05, 0) is 24.7 Å². The lowest BCUT2D eigenvalue weighted by molar-refractivity contribution is -0.134. The summed E-state index contributed by atoms with van der Waals surface area (Å²) in [5, 5.41) is 8.43. The standard InChI is InChI=1S/C11H21NO4S/c1-2-9-3-5-10(6-4-9)7-12-17(15,16)8-11(13)14/h9-10,12H,2-8H2,1H3,(H,13,14). The van der Waals surface area contributed by atoms with E-state index in [-0.39, 0.29) is 0 Å². The van der Waals surface area contributed by atoms with E-state index in [1.54, 1.807) is 0 Å². The van der Waals surface area contributed by atoms with Crippen molar-refractivity contribution in [3.8, 4) is 0 Å². The van der Waals surface area contributed by atoms with E-state index in [1.165, 1.54) is 6.42 Å². The molecule has 0 amide bonds. The van der Waals surface area contributed by atoms with Crippen LogP contribution in [0.5, 0.6) is 0 Å². The minimum Gasteiger partial charge on any atom is -0.480 e. The first-order valence-electron chi connectivity index (χ1n) is 6.12. The largest absolute Gasteiger partial charge is 0.480 e. The predicted octanol–water partition coefficient (Wildman–Crippen LogP) is 1.21. The average molecular weight is 263 g/mol. The Hall–Kier alpha value is -0.620. The summed E-state index contributed by atoms with van der Waals surface area (Å²) in [5.41, 5.74) is 0. The van der Waals surface area contributed by atoms with Gasteiger partial charge in [-0.25, -0.2) is 13.1 Å². The topological polar surface area (TPSA) is 83.5 Å². The third-order valence-electron chi connectivity index (χ3n) is 3.45. The van der Waals surface area contributed by atoms with Crippen molar-refractivity contribution in [2.45, 2.75) is 39.0 Å². The molecule has 0 atom stereocenters. The number of carbonyl (C=O) groups is 1. The van der Waals surface area contributed by atoms with Crippen LogP contribution in [0.1, 0.15) is 39.0 Å². The molecule has 1 rings (SSSR count). The van der Waals surface area contributed by atoms with Crippen molar-refractivity contribution in [3.63, 3.8) is 0 Å². The van der Waals surface area contributed by atoms with Gasteiger partial charge in [-0.2, -0.15) is 0 Å². The molecule has 0 saturated heterocycles. The highest BCUT2D eigenvalue weighted by Gasteiger charge is 2.22. The summed E-state index contributed by atoms with van der Waals surface area (Å²) in [6.45, 7) is 2.56. The summed E-state index contributed by atoms with van der Waals surface area (Å²) in [6.07, 6.45) is 5.57. The van der Waals surface area contributed by atoms with E-state index in [2.05, 4.69) is 11.6 Å². The number of rotatable bonds is 6. The number of sulfonamides is 1. The molecule has 100 valence electrons. The molecule has 6 heteroatoms. The van der Waals surface area contributed by atoms with Crippen LogP contribution < -0.4 is 4.72 Å². The van der Waals surface area contributed by atoms with E-state index in [0.717, 1.165) is 31.6 Å². The first-order chi connectivity index (χ1) is 7.93. The molecule has 0 aliphatic heterocycles. The van der Waals surface area contributed by atoms with Crippen LogP contribution in [-0.2, 0) is 14.8 Å².